The first-order chi connectivity index (χ1) is 13.5. The molecule has 8 heteroatoms. The lowest BCUT2D eigenvalue weighted by atomic mass is 10.1. The SMILES string of the molecule is O=C(C=Cc1ccc(-n2ccnc2)cc1)N1CCN(C2CCS(=O)(=O)C2)CC1. The lowest BCUT2D eigenvalue weighted by molar-refractivity contribution is -0.127. The summed E-state index contributed by atoms with van der Waals surface area (Å²) in [6.07, 6.45) is 9.52. The normalized spacial score (nSPS) is 22.7. The summed E-state index contributed by atoms with van der Waals surface area (Å²) in [5, 5.41) is 0. The molecule has 3 heterocycles. The van der Waals surface area contributed by atoms with Crippen LogP contribution < -0.4 is 0 Å². The number of hydrogen-bond acceptors (Lipinski definition) is 5. The third kappa shape index (κ3) is 4.34. The van der Waals surface area contributed by atoms with Crippen LogP contribution in [0.5, 0.6) is 0 Å². The van der Waals surface area contributed by atoms with Gasteiger partial charge in [-0.3, -0.25) is 9.69 Å². The van der Waals surface area contributed by atoms with Crippen molar-refractivity contribution in [3.63, 3.8) is 0 Å². The molecule has 0 radical (unpaired) electrons. The molecule has 2 saturated heterocycles. The van der Waals surface area contributed by atoms with Crippen LogP contribution in [0.4, 0.5) is 0 Å². The molecule has 2 aliphatic heterocycles. The topological polar surface area (TPSA) is 75.5 Å². The summed E-state index contributed by atoms with van der Waals surface area (Å²) in [6, 6.07) is 8.03. The first-order valence-electron chi connectivity index (χ1n) is 9.50. The number of carbonyl (C=O) groups excluding carboxylic acids is 1. The van der Waals surface area contributed by atoms with E-state index in [1.807, 2.05) is 46.0 Å². The number of rotatable bonds is 4. The van der Waals surface area contributed by atoms with E-state index in [2.05, 4.69) is 9.88 Å². The molecule has 0 N–H and O–H groups in total. The summed E-state index contributed by atoms with van der Waals surface area (Å²) < 4.78 is 25.2. The molecule has 28 heavy (non-hydrogen) atoms. The number of imidazole rings is 1. The molecule has 1 unspecified atom stereocenters. The highest BCUT2D eigenvalue weighted by molar-refractivity contribution is 7.91. The number of carbonyl (C=O) groups is 1. The highest BCUT2D eigenvalue weighted by Crippen LogP contribution is 2.19. The minimum absolute atomic E-state index is 0.00243. The van der Waals surface area contributed by atoms with Crippen LogP contribution in [0.3, 0.4) is 0 Å². The molecule has 2 aromatic rings. The molecule has 1 atom stereocenters. The fourth-order valence-corrected chi connectivity index (χ4v) is 5.57. The van der Waals surface area contributed by atoms with Crippen molar-refractivity contribution in [1.82, 2.24) is 19.4 Å². The van der Waals surface area contributed by atoms with Gasteiger partial charge in [0, 0.05) is 56.4 Å². The number of aromatic nitrogens is 2. The molecule has 148 valence electrons. The van der Waals surface area contributed by atoms with Crippen LogP contribution in [-0.4, -0.2) is 77.4 Å². The molecule has 1 amide bonds. The summed E-state index contributed by atoms with van der Waals surface area (Å²) in [6.45, 7) is 2.75. The number of piperazine rings is 1. The van der Waals surface area contributed by atoms with Gasteiger partial charge in [-0.15, -0.1) is 0 Å². The Balaban J connectivity index is 1.29. The molecule has 4 rings (SSSR count). The van der Waals surface area contributed by atoms with Gasteiger partial charge in [0.25, 0.3) is 0 Å². The van der Waals surface area contributed by atoms with E-state index in [1.165, 1.54) is 0 Å². The second kappa shape index (κ2) is 7.89. The van der Waals surface area contributed by atoms with Crippen molar-refractivity contribution in [2.75, 3.05) is 37.7 Å². The fourth-order valence-electron chi connectivity index (χ4n) is 3.81. The Morgan fingerprint density at radius 1 is 1.11 bits per heavy atom. The molecular weight excluding hydrogens is 376 g/mol. The van der Waals surface area contributed by atoms with Crippen molar-refractivity contribution >= 4 is 21.8 Å². The number of hydrogen-bond donors (Lipinski definition) is 0. The van der Waals surface area contributed by atoms with Gasteiger partial charge in [0.15, 0.2) is 9.84 Å². The van der Waals surface area contributed by atoms with Crippen LogP contribution in [0, 0.1) is 0 Å². The average molecular weight is 401 g/mol. The third-order valence-corrected chi connectivity index (χ3v) is 7.22. The highest BCUT2D eigenvalue weighted by Gasteiger charge is 2.34. The van der Waals surface area contributed by atoms with Gasteiger partial charge < -0.3 is 9.47 Å². The molecule has 0 bridgehead atoms. The molecule has 2 fully saturated rings. The van der Waals surface area contributed by atoms with Crippen molar-refractivity contribution < 1.29 is 13.2 Å². The van der Waals surface area contributed by atoms with Crippen molar-refractivity contribution in [2.24, 2.45) is 0 Å². The van der Waals surface area contributed by atoms with Gasteiger partial charge in [0.1, 0.15) is 0 Å². The van der Waals surface area contributed by atoms with Crippen molar-refractivity contribution in [1.29, 1.82) is 0 Å². The lowest BCUT2D eigenvalue weighted by Crippen LogP contribution is -2.52. The van der Waals surface area contributed by atoms with Crippen LogP contribution in [0.15, 0.2) is 49.1 Å². The maximum atomic E-state index is 12.5. The smallest absolute Gasteiger partial charge is 0.246 e. The number of sulfone groups is 1. The molecule has 0 saturated carbocycles. The Morgan fingerprint density at radius 2 is 1.86 bits per heavy atom. The lowest BCUT2D eigenvalue weighted by Gasteiger charge is -2.37. The second-order valence-electron chi connectivity index (χ2n) is 7.31. The summed E-state index contributed by atoms with van der Waals surface area (Å²) in [7, 11) is -2.87. The minimum atomic E-state index is -2.87. The standard InChI is InChI=1S/C20H24N4O3S/c25-20(6-3-17-1-4-18(5-2-17)24-9-8-21-16-24)23-12-10-22(11-13-23)19-7-14-28(26,27)15-19/h1-6,8-9,16,19H,7,10-15H2. The summed E-state index contributed by atoms with van der Waals surface area (Å²) >= 11 is 0. The first kappa shape index (κ1) is 18.9. The van der Waals surface area contributed by atoms with E-state index in [9.17, 15) is 13.2 Å². The quantitative estimate of drug-likeness (QED) is 0.722. The Hall–Kier alpha value is -2.45. The van der Waals surface area contributed by atoms with Crippen molar-refractivity contribution in [2.45, 2.75) is 12.5 Å². The maximum Gasteiger partial charge on any atom is 0.246 e. The maximum absolute atomic E-state index is 12.5. The van der Waals surface area contributed by atoms with Crippen LogP contribution in [0.1, 0.15) is 12.0 Å². The van der Waals surface area contributed by atoms with Gasteiger partial charge in [-0.05, 0) is 30.2 Å². The Kier molecular flexibility index (Phi) is 5.32. The zero-order chi connectivity index (χ0) is 19.6. The van der Waals surface area contributed by atoms with E-state index in [4.69, 9.17) is 0 Å². The van der Waals surface area contributed by atoms with E-state index in [0.29, 0.717) is 25.3 Å². The van der Waals surface area contributed by atoms with Gasteiger partial charge in [-0.2, -0.15) is 0 Å². The van der Waals surface area contributed by atoms with E-state index >= 15 is 0 Å². The highest BCUT2D eigenvalue weighted by atomic mass is 32.2. The van der Waals surface area contributed by atoms with E-state index < -0.39 is 9.84 Å². The molecule has 1 aromatic carbocycles. The van der Waals surface area contributed by atoms with Crippen LogP contribution >= 0.6 is 0 Å². The molecule has 0 spiro atoms. The van der Waals surface area contributed by atoms with Crippen LogP contribution in [-0.2, 0) is 14.6 Å². The van der Waals surface area contributed by atoms with Gasteiger partial charge >= 0.3 is 0 Å². The third-order valence-electron chi connectivity index (χ3n) is 5.46. The molecule has 7 nitrogen and oxygen atoms in total. The average Bonchev–Trinajstić information content (AvgIpc) is 3.36. The Bertz CT molecular complexity index is 944. The van der Waals surface area contributed by atoms with E-state index in [-0.39, 0.29) is 17.7 Å². The van der Waals surface area contributed by atoms with Gasteiger partial charge in [0.05, 0.1) is 17.8 Å². The number of benzene rings is 1. The Labute approximate surface area is 165 Å². The predicted molar refractivity (Wildman–Crippen MR) is 108 cm³/mol. The van der Waals surface area contributed by atoms with Gasteiger partial charge in [-0.25, -0.2) is 13.4 Å². The van der Waals surface area contributed by atoms with Crippen molar-refractivity contribution in [3.05, 3.63) is 54.6 Å². The largest absolute Gasteiger partial charge is 0.337 e. The fraction of sp³-hybridized carbons (Fsp3) is 0.400. The van der Waals surface area contributed by atoms with Crippen LogP contribution in [0.25, 0.3) is 11.8 Å². The van der Waals surface area contributed by atoms with E-state index in [0.717, 1.165) is 24.3 Å². The Morgan fingerprint density at radius 3 is 2.46 bits per heavy atom. The zero-order valence-corrected chi connectivity index (χ0v) is 16.5. The predicted octanol–water partition coefficient (Wildman–Crippen LogP) is 1.22. The summed E-state index contributed by atoms with van der Waals surface area (Å²) in [4.78, 5) is 20.5. The number of nitrogens with zero attached hydrogens (tertiary/aromatic N) is 4. The van der Waals surface area contributed by atoms with Gasteiger partial charge in [0.2, 0.25) is 5.91 Å². The monoisotopic (exact) mass is 400 g/mol. The molecule has 2 aliphatic rings. The summed E-state index contributed by atoms with van der Waals surface area (Å²) in [5.41, 5.74) is 1.98. The van der Waals surface area contributed by atoms with Crippen molar-refractivity contribution in [3.8, 4) is 5.69 Å². The first-order valence-corrected chi connectivity index (χ1v) is 11.3. The zero-order valence-electron chi connectivity index (χ0n) is 15.6. The summed E-state index contributed by atoms with van der Waals surface area (Å²) in [5.74, 6) is 0.548. The van der Waals surface area contributed by atoms with Crippen LogP contribution in [0.2, 0.25) is 0 Å². The van der Waals surface area contributed by atoms with E-state index in [1.54, 1.807) is 18.6 Å². The molecule has 1 aromatic heterocycles. The minimum Gasteiger partial charge on any atom is -0.337 e. The second-order valence-corrected chi connectivity index (χ2v) is 9.54. The number of amides is 1. The molecular formula is C20H24N4O3S. The van der Waals surface area contributed by atoms with Gasteiger partial charge in [-0.1, -0.05) is 12.1 Å². The molecule has 0 aliphatic carbocycles.